The lowest BCUT2D eigenvalue weighted by Gasteiger charge is -2.40. The van der Waals surface area contributed by atoms with Gasteiger partial charge < -0.3 is 29.7 Å². The summed E-state index contributed by atoms with van der Waals surface area (Å²) in [5.74, 6) is -1.73. The van der Waals surface area contributed by atoms with E-state index in [9.17, 15) is 29.4 Å². The maximum atomic E-state index is 13.6. The molecule has 4 aromatic carbocycles. The van der Waals surface area contributed by atoms with E-state index in [1.807, 2.05) is 13.0 Å². The van der Waals surface area contributed by atoms with E-state index in [2.05, 4.69) is 144 Å². The minimum atomic E-state index is -2.25. The number of carbonyl (C=O) groups excluding carboxylic acids is 4. The van der Waals surface area contributed by atoms with Crippen LogP contribution in [0, 0.1) is 27.0 Å². The Morgan fingerprint density at radius 3 is 1.38 bits per heavy atom. The summed E-state index contributed by atoms with van der Waals surface area (Å²) in [5.41, 5.74) is 13.0. The van der Waals surface area contributed by atoms with Gasteiger partial charge in [-0.25, -0.2) is 9.69 Å². The Morgan fingerprint density at radius 1 is 0.603 bits per heavy atom. The molecule has 0 heterocycles. The van der Waals surface area contributed by atoms with Crippen molar-refractivity contribution in [1.29, 1.82) is 0 Å². The maximum Gasteiger partial charge on any atom is 0.269 e. The molecule has 0 fully saturated rings. The van der Waals surface area contributed by atoms with E-state index >= 15 is 0 Å². The zero-order valence-corrected chi connectivity index (χ0v) is 53.9. The van der Waals surface area contributed by atoms with E-state index in [-0.39, 0.29) is 32.1 Å². The van der Waals surface area contributed by atoms with Gasteiger partial charge in [-0.3, -0.25) is 40.9 Å². The fourth-order valence-electron chi connectivity index (χ4n) is 6.01. The molecule has 0 aliphatic heterocycles. The molecule has 0 radical (unpaired) electrons. The van der Waals surface area contributed by atoms with Gasteiger partial charge in [0, 0.05) is 22.5 Å². The highest BCUT2D eigenvalue weighted by Gasteiger charge is 2.42. The van der Waals surface area contributed by atoms with Crippen LogP contribution in [0.4, 0.5) is 22.7 Å². The number of aliphatic hydroxyl groups excluding tert-OH is 1. The Kier molecular flexibility index (Phi) is 24.6. The molecule has 8 N–H and O–H groups in total. The van der Waals surface area contributed by atoms with E-state index in [1.54, 1.807) is 50.2 Å². The first-order chi connectivity index (χ1) is 35.6. The average molecular weight is 1180 g/mol. The molecule has 4 amide bonds. The largest absolute Gasteiger partial charge is 0.543 e. The number of hydrogen-bond acceptors (Lipinski definition) is 10. The van der Waals surface area contributed by atoms with Crippen LogP contribution in [0.25, 0.3) is 9.69 Å². The van der Waals surface area contributed by atoms with Gasteiger partial charge in [0.05, 0.1) is 35.4 Å². The van der Waals surface area contributed by atoms with Crippen molar-refractivity contribution >= 4 is 105 Å². The smallest absolute Gasteiger partial charge is 0.269 e. The van der Waals surface area contributed by atoms with Crippen LogP contribution in [0.1, 0.15) is 108 Å². The molecule has 0 bridgehead atoms. The summed E-state index contributed by atoms with van der Waals surface area (Å²) in [6, 6.07) is 17.0. The first-order valence-electron chi connectivity index (χ1n) is 25.3. The van der Waals surface area contributed by atoms with Crippen LogP contribution < -0.4 is 36.8 Å². The molecule has 4 atom stereocenters. The van der Waals surface area contributed by atoms with Gasteiger partial charge in [0.1, 0.15) is 23.6 Å². The molecule has 0 aliphatic carbocycles. The summed E-state index contributed by atoms with van der Waals surface area (Å²) in [4.78, 5) is 57.9. The van der Waals surface area contributed by atoms with Crippen LogP contribution in [0.5, 0.6) is 11.5 Å². The van der Waals surface area contributed by atoms with Crippen LogP contribution in [0.2, 0.25) is 64.4 Å². The topological polar surface area (TPSA) is 208 Å². The summed E-state index contributed by atoms with van der Waals surface area (Å²) in [7, 11) is -5.74. The molecule has 0 aromatic heterocycles. The number of phenolic OH excluding ortho intramolecular Hbond substituents is 1. The highest BCUT2D eigenvalue weighted by molar-refractivity contribution is 7.20. The molecule has 4 aromatic rings. The number of carbonyl (C=O) groups is 4. The van der Waals surface area contributed by atoms with E-state index in [4.69, 9.17) is 56.3 Å². The summed E-state index contributed by atoms with van der Waals surface area (Å²) in [6.07, 6.45) is -1.65. The third-order valence-corrected chi connectivity index (χ3v) is 29.3. The van der Waals surface area contributed by atoms with Crippen LogP contribution in [-0.2, 0) is 14.0 Å². The van der Waals surface area contributed by atoms with Crippen molar-refractivity contribution in [2.75, 3.05) is 10.6 Å². The van der Waals surface area contributed by atoms with Gasteiger partial charge in [-0.1, -0.05) is 123 Å². The monoisotopic (exact) mass is 1180 g/mol. The maximum absolute atomic E-state index is 13.6. The zero-order chi connectivity index (χ0) is 60.1. The number of anilines is 2. The fraction of sp³-hybridized carbons (Fsp3) is 0.464. The van der Waals surface area contributed by atoms with Crippen LogP contribution >= 0.6 is 34.3 Å². The third kappa shape index (κ3) is 19.6. The third-order valence-electron chi connectivity index (χ3n) is 14.2. The summed E-state index contributed by atoms with van der Waals surface area (Å²) in [5, 5.41) is 26.3. The molecule has 0 spiro atoms. The Labute approximate surface area is 480 Å². The number of halogens is 3. The quantitative estimate of drug-likeness (QED) is 0.0259. The molecule has 78 heavy (non-hydrogen) atoms. The van der Waals surface area contributed by atoms with E-state index in [1.165, 1.54) is 37.3 Å². The Hall–Kier alpha value is -5.62. The number of aliphatic hydroxyl groups is 1. The zero-order valence-electron chi connectivity index (χ0n) is 48.6. The van der Waals surface area contributed by atoms with Gasteiger partial charge in [0.25, 0.3) is 23.6 Å². The highest BCUT2D eigenvalue weighted by atomic mass is 35.6. The van der Waals surface area contributed by atoms with Crippen LogP contribution in [-0.4, -0.2) is 82.2 Å². The second-order valence-electron chi connectivity index (χ2n) is 23.5. The number of hydrazine groups is 2. The van der Waals surface area contributed by atoms with Gasteiger partial charge in [0.15, 0.2) is 15.7 Å². The Bertz CT molecular complexity index is 2840. The summed E-state index contributed by atoms with van der Waals surface area (Å²) in [6.45, 7) is 53.4. The van der Waals surface area contributed by atoms with Crippen molar-refractivity contribution in [3.05, 3.63) is 128 Å². The van der Waals surface area contributed by atoms with Gasteiger partial charge in [-0.05, 0) is 129 Å². The molecule has 0 saturated heterocycles. The van der Waals surface area contributed by atoms with E-state index < -0.39 is 71.9 Å². The molecule has 0 aliphatic rings. The number of amides is 4. The van der Waals surface area contributed by atoms with Crippen LogP contribution in [0.3, 0.4) is 0 Å². The molecule has 0 saturated carbocycles. The Morgan fingerprint density at radius 2 is 1.00 bits per heavy atom. The molecular formula is C56H81Cl3N8O8Si3. The minimum absolute atomic E-state index is 0.00328. The van der Waals surface area contributed by atoms with Crippen LogP contribution in [0.15, 0.2) is 72.8 Å². The van der Waals surface area contributed by atoms with E-state index in [0.717, 1.165) is 0 Å². The second kappa shape index (κ2) is 28.0. The van der Waals surface area contributed by atoms with E-state index in [0.29, 0.717) is 49.6 Å². The Balaban J connectivity index is 0.000000494. The first kappa shape index (κ1) is 68.5. The summed E-state index contributed by atoms with van der Waals surface area (Å²) < 4.78 is 12.9. The highest BCUT2D eigenvalue weighted by Crippen LogP contribution is 2.41. The number of benzene rings is 4. The second-order valence-corrected chi connectivity index (χ2v) is 41.0. The lowest BCUT2D eigenvalue weighted by atomic mass is 10.1. The van der Waals surface area contributed by atoms with Crippen molar-refractivity contribution in [3.8, 4) is 11.5 Å². The standard InChI is InChI=1S/C31H47ClN4O4Si2.C19H19ClN4O4.C6H15ClSi/c1-20-24(17-18-25(33-9)26(20)32)34-27(21(2)39-41(10,11)30(3,4)5)29(38)36-35-28(37)22-15-14-16-23(19-22)40-42(12,13)31(6,7)8;1-10-14(7-8-15(21-3)16(10)20)22-17(11(2)25)19(28)24-23-18(27)12-5-4-6-13(26)9-12;1-6(2,3)8(4,5)7/h14-19,21,27,34H,1-8,10-13H3,(H,35,37)(H,36,38);4-9,11,17,22,25-26H,1-2H3,(H,23,27)(H,24,28);1-5H3/t21-,27+;11-,17+;/m00./s1. The number of hydrogen-bond donors (Lipinski definition) is 8. The van der Waals surface area contributed by atoms with Crippen molar-refractivity contribution in [2.24, 2.45) is 0 Å². The molecular weight excluding hydrogens is 1100 g/mol. The number of aromatic hydroxyl groups is 1. The first-order valence-corrected chi connectivity index (χ1v) is 35.9. The van der Waals surface area contributed by atoms with Crippen molar-refractivity contribution < 1.29 is 38.2 Å². The number of rotatable bonds is 14. The lowest BCUT2D eigenvalue weighted by Crippen LogP contribution is -2.55. The molecule has 4 rings (SSSR count). The normalized spacial score (nSPS) is 13.4. The molecule has 0 unspecified atom stereocenters. The average Bonchev–Trinajstić information content (AvgIpc) is 3.32. The van der Waals surface area contributed by atoms with Gasteiger partial charge in [-0.15, -0.1) is 0 Å². The van der Waals surface area contributed by atoms with Crippen molar-refractivity contribution in [2.45, 2.75) is 169 Å². The lowest BCUT2D eigenvalue weighted by molar-refractivity contribution is -0.125. The fourth-order valence-corrected chi connectivity index (χ4v) is 8.86. The number of phenols is 1. The number of nitrogens with one attached hydrogen (secondary N) is 6. The van der Waals surface area contributed by atoms with Gasteiger partial charge >= 0.3 is 0 Å². The molecule has 16 nitrogen and oxygen atoms in total. The molecule has 426 valence electrons. The van der Waals surface area contributed by atoms with Crippen molar-refractivity contribution in [3.63, 3.8) is 0 Å². The van der Waals surface area contributed by atoms with Gasteiger partial charge in [0.2, 0.25) is 19.7 Å². The minimum Gasteiger partial charge on any atom is -0.543 e. The molecule has 22 heteroatoms. The number of nitrogens with zero attached hydrogens (tertiary/aromatic N) is 2. The predicted octanol–water partition coefficient (Wildman–Crippen LogP) is 14.0. The van der Waals surface area contributed by atoms with Crippen molar-refractivity contribution in [1.82, 2.24) is 21.7 Å². The SMILES string of the molecule is CC(C)(C)[Si](C)(C)Cl.[C-]#[N+]c1ccc(N[C@@H](C(=O)NNC(=O)c2cccc(O)c2)[C@H](C)O)c(C)c1Cl.[C-]#[N+]c1ccc(N[C@@H](C(=O)NNC(=O)c2cccc(O[Si](C)(C)C(C)(C)C)c2)[C@H](C)O[Si](C)(C)C(C)(C)C)c(C)c1Cl. The summed E-state index contributed by atoms with van der Waals surface area (Å²) >= 11 is 18.7. The predicted molar refractivity (Wildman–Crippen MR) is 326 cm³/mol. The van der Waals surface area contributed by atoms with Gasteiger partial charge in [-0.2, -0.15) is 11.1 Å².